The van der Waals surface area contributed by atoms with Gasteiger partial charge in [-0.15, -0.1) is 0 Å². The maximum absolute atomic E-state index is 12.5. The van der Waals surface area contributed by atoms with Crippen LogP contribution in [0.25, 0.3) is 0 Å². The fraction of sp³-hybridized carbons (Fsp3) is 0.333. The number of halogens is 2. The van der Waals surface area contributed by atoms with Crippen LogP contribution in [0.5, 0.6) is 5.75 Å². The highest BCUT2D eigenvalue weighted by Gasteiger charge is 2.20. The predicted octanol–water partition coefficient (Wildman–Crippen LogP) is 2.03. The lowest BCUT2D eigenvalue weighted by Gasteiger charge is -2.10. The molecular formula is C9H9F2NO3. The van der Waals surface area contributed by atoms with Gasteiger partial charge in [-0.25, -0.2) is 18.6 Å². The Labute approximate surface area is 84.5 Å². The summed E-state index contributed by atoms with van der Waals surface area (Å²) in [5, 5.41) is 8.65. The van der Waals surface area contributed by atoms with Gasteiger partial charge in [0.05, 0.1) is 18.4 Å². The highest BCUT2D eigenvalue weighted by atomic mass is 19.3. The Bertz CT molecular complexity index is 393. The average Bonchev–Trinajstić information content (AvgIpc) is 2.15. The van der Waals surface area contributed by atoms with Crippen molar-refractivity contribution >= 4 is 5.97 Å². The molecule has 0 fully saturated rings. The van der Waals surface area contributed by atoms with Crippen molar-refractivity contribution in [2.45, 2.75) is 13.3 Å². The molecule has 0 aromatic carbocycles. The van der Waals surface area contributed by atoms with Crippen LogP contribution in [0.4, 0.5) is 8.78 Å². The van der Waals surface area contributed by atoms with Crippen molar-refractivity contribution < 1.29 is 23.4 Å². The van der Waals surface area contributed by atoms with Crippen molar-refractivity contribution in [1.29, 1.82) is 0 Å². The number of alkyl halides is 2. The standard InChI is InChI=1S/C9H9F2NO3/c1-4-7(8(10)11)6(15-2)3-5(12-4)9(13)14/h3,8H,1-2H3,(H,13,14). The number of carboxylic acids is 1. The Hall–Kier alpha value is -1.72. The van der Waals surface area contributed by atoms with E-state index < -0.39 is 12.4 Å². The normalized spacial score (nSPS) is 10.5. The molecular weight excluding hydrogens is 208 g/mol. The first kappa shape index (κ1) is 11.4. The van der Waals surface area contributed by atoms with Crippen LogP contribution in [0.3, 0.4) is 0 Å². The van der Waals surface area contributed by atoms with Gasteiger partial charge < -0.3 is 9.84 Å². The van der Waals surface area contributed by atoms with E-state index in [0.717, 1.165) is 6.07 Å². The number of carbonyl (C=O) groups is 1. The summed E-state index contributed by atoms with van der Waals surface area (Å²) < 4.78 is 29.8. The van der Waals surface area contributed by atoms with Gasteiger partial charge in [0.2, 0.25) is 0 Å². The highest BCUT2D eigenvalue weighted by molar-refractivity contribution is 5.86. The Morgan fingerprint density at radius 2 is 2.20 bits per heavy atom. The molecule has 1 heterocycles. The van der Waals surface area contributed by atoms with Gasteiger partial charge in [-0.1, -0.05) is 0 Å². The van der Waals surface area contributed by atoms with Crippen LogP contribution < -0.4 is 4.74 Å². The van der Waals surface area contributed by atoms with Crippen LogP contribution >= 0.6 is 0 Å². The molecule has 0 aliphatic heterocycles. The molecule has 15 heavy (non-hydrogen) atoms. The third kappa shape index (κ3) is 2.20. The lowest BCUT2D eigenvalue weighted by molar-refractivity contribution is 0.0688. The summed E-state index contributed by atoms with van der Waals surface area (Å²) in [4.78, 5) is 14.1. The first-order valence-corrected chi connectivity index (χ1v) is 4.04. The summed E-state index contributed by atoms with van der Waals surface area (Å²) in [6.45, 7) is 1.32. The van der Waals surface area contributed by atoms with Gasteiger partial charge in [-0.2, -0.15) is 0 Å². The van der Waals surface area contributed by atoms with E-state index in [9.17, 15) is 13.6 Å². The summed E-state index contributed by atoms with van der Waals surface area (Å²) in [5.41, 5.74) is -0.724. The van der Waals surface area contributed by atoms with Crippen LogP contribution in [0.1, 0.15) is 28.2 Å². The van der Waals surface area contributed by atoms with Crippen LogP contribution in [0.15, 0.2) is 6.07 Å². The maximum Gasteiger partial charge on any atom is 0.354 e. The van der Waals surface area contributed by atoms with E-state index in [0.29, 0.717) is 0 Å². The molecule has 82 valence electrons. The zero-order valence-corrected chi connectivity index (χ0v) is 8.12. The van der Waals surface area contributed by atoms with Crippen LogP contribution in [-0.2, 0) is 0 Å². The molecule has 0 amide bonds. The van der Waals surface area contributed by atoms with Gasteiger partial charge in [0.15, 0.2) is 5.69 Å². The summed E-state index contributed by atoms with van der Waals surface area (Å²) in [7, 11) is 1.20. The molecule has 6 heteroatoms. The van der Waals surface area contributed by atoms with E-state index in [1.807, 2.05) is 0 Å². The predicted molar refractivity (Wildman–Crippen MR) is 47.4 cm³/mol. The monoisotopic (exact) mass is 217 g/mol. The zero-order valence-electron chi connectivity index (χ0n) is 8.12. The second kappa shape index (κ2) is 4.20. The van der Waals surface area contributed by atoms with Crippen molar-refractivity contribution in [3.8, 4) is 5.75 Å². The minimum atomic E-state index is -2.74. The van der Waals surface area contributed by atoms with Crippen LogP contribution in [-0.4, -0.2) is 23.2 Å². The second-order valence-electron chi connectivity index (χ2n) is 2.81. The molecule has 1 N–H and O–H groups in total. The maximum atomic E-state index is 12.5. The molecule has 0 radical (unpaired) electrons. The largest absolute Gasteiger partial charge is 0.496 e. The summed E-state index contributed by atoms with van der Waals surface area (Å²) in [6, 6.07) is 0.983. The number of rotatable bonds is 3. The van der Waals surface area contributed by atoms with Gasteiger partial charge in [0.1, 0.15) is 5.75 Å². The number of pyridine rings is 1. The fourth-order valence-electron chi connectivity index (χ4n) is 1.20. The highest BCUT2D eigenvalue weighted by Crippen LogP contribution is 2.31. The van der Waals surface area contributed by atoms with Gasteiger partial charge in [-0.05, 0) is 6.92 Å². The van der Waals surface area contributed by atoms with E-state index in [2.05, 4.69) is 4.98 Å². The third-order valence-electron chi connectivity index (χ3n) is 1.87. The molecule has 0 aliphatic carbocycles. The smallest absolute Gasteiger partial charge is 0.354 e. The van der Waals surface area contributed by atoms with Crippen LogP contribution in [0, 0.1) is 6.92 Å². The number of aromatic nitrogens is 1. The van der Waals surface area contributed by atoms with Crippen molar-refractivity contribution in [3.63, 3.8) is 0 Å². The molecule has 0 bridgehead atoms. The number of carboxylic acid groups (broad SMARTS) is 1. The Morgan fingerprint density at radius 1 is 1.60 bits per heavy atom. The molecule has 0 atom stereocenters. The Kier molecular flexibility index (Phi) is 3.18. The molecule has 0 saturated carbocycles. The first-order chi connectivity index (χ1) is 6.97. The molecule has 1 aromatic heterocycles. The van der Waals surface area contributed by atoms with Crippen molar-refractivity contribution in [3.05, 3.63) is 23.0 Å². The van der Waals surface area contributed by atoms with Gasteiger partial charge in [0, 0.05) is 6.07 Å². The average molecular weight is 217 g/mol. The van der Waals surface area contributed by atoms with Crippen molar-refractivity contribution in [2.24, 2.45) is 0 Å². The van der Waals surface area contributed by atoms with E-state index in [4.69, 9.17) is 9.84 Å². The Morgan fingerprint density at radius 3 is 2.60 bits per heavy atom. The molecule has 4 nitrogen and oxygen atoms in total. The summed E-state index contributed by atoms with van der Waals surface area (Å²) in [6.07, 6.45) is -2.74. The van der Waals surface area contributed by atoms with Crippen molar-refractivity contribution in [2.75, 3.05) is 7.11 Å². The topological polar surface area (TPSA) is 59.4 Å². The lowest BCUT2D eigenvalue weighted by Crippen LogP contribution is -2.06. The van der Waals surface area contributed by atoms with E-state index in [1.54, 1.807) is 0 Å². The third-order valence-corrected chi connectivity index (χ3v) is 1.87. The van der Waals surface area contributed by atoms with E-state index >= 15 is 0 Å². The summed E-state index contributed by atoms with van der Waals surface area (Å²) in [5.74, 6) is -1.44. The van der Waals surface area contributed by atoms with E-state index in [-0.39, 0.29) is 22.7 Å². The number of hydrogen-bond acceptors (Lipinski definition) is 3. The van der Waals surface area contributed by atoms with Crippen LogP contribution in [0.2, 0.25) is 0 Å². The number of aryl methyl sites for hydroxylation is 1. The molecule has 0 unspecified atom stereocenters. The number of aromatic carboxylic acids is 1. The van der Waals surface area contributed by atoms with Gasteiger partial charge in [0.25, 0.3) is 6.43 Å². The van der Waals surface area contributed by atoms with Gasteiger partial charge in [-0.3, -0.25) is 0 Å². The molecule has 1 rings (SSSR count). The zero-order chi connectivity index (χ0) is 11.6. The quantitative estimate of drug-likeness (QED) is 0.841. The number of nitrogens with zero attached hydrogens (tertiary/aromatic N) is 1. The second-order valence-corrected chi connectivity index (χ2v) is 2.81. The molecule has 1 aromatic rings. The molecule has 0 spiro atoms. The number of hydrogen-bond donors (Lipinski definition) is 1. The first-order valence-electron chi connectivity index (χ1n) is 4.04. The number of methoxy groups -OCH3 is 1. The fourth-order valence-corrected chi connectivity index (χ4v) is 1.20. The van der Waals surface area contributed by atoms with Crippen molar-refractivity contribution in [1.82, 2.24) is 4.98 Å². The van der Waals surface area contributed by atoms with Gasteiger partial charge >= 0.3 is 5.97 Å². The minimum absolute atomic E-state index is 0.0400. The SMILES string of the molecule is COc1cc(C(=O)O)nc(C)c1C(F)F. The van der Waals surface area contributed by atoms with E-state index in [1.165, 1.54) is 14.0 Å². The summed E-state index contributed by atoms with van der Waals surface area (Å²) >= 11 is 0. The Balaban J connectivity index is 3.37. The minimum Gasteiger partial charge on any atom is -0.496 e. The number of ether oxygens (including phenoxy) is 1. The molecule has 0 saturated heterocycles. The lowest BCUT2D eigenvalue weighted by atomic mass is 10.1. The molecule has 0 aliphatic rings.